The van der Waals surface area contributed by atoms with Crippen molar-refractivity contribution in [2.24, 2.45) is 0 Å². The molecule has 0 saturated heterocycles. The molecule has 0 saturated carbocycles. The van der Waals surface area contributed by atoms with Gasteiger partial charge in [0.1, 0.15) is 5.54 Å². The standard InChI is InChI=1S/C12H18F6N2O/c1-4-5-20-10(3,7-19)6-8(2)21-9(11(13,14)15)12(16,17)18/h8-9,20H,4-6H2,1-3H3. The number of nitriles is 1. The van der Waals surface area contributed by atoms with Gasteiger partial charge < -0.3 is 4.74 Å². The lowest BCUT2D eigenvalue weighted by atomic mass is 9.96. The molecule has 9 heteroatoms. The highest BCUT2D eigenvalue weighted by Gasteiger charge is 2.58. The van der Waals surface area contributed by atoms with Crippen molar-refractivity contribution in [3.05, 3.63) is 0 Å². The summed E-state index contributed by atoms with van der Waals surface area (Å²) in [4.78, 5) is 0. The zero-order valence-electron chi connectivity index (χ0n) is 11.9. The highest BCUT2D eigenvalue weighted by molar-refractivity contribution is 5.04. The van der Waals surface area contributed by atoms with Crippen LogP contribution in [0.5, 0.6) is 0 Å². The average Bonchev–Trinajstić information content (AvgIpc) is 2.31. The zero-order chi connectivity index (χ0) is 16.9. The molecule has 2 unspecified atom stereocenters. The summed E-state index contributed by atoms with van der Waals surface area (Å²) in [7, 11) is 0. The van der Waals surface area contributed by atoms with Crippen LogP contribution in [0.4, 0.5) is 26.3 Å². The molecule has 0 bridgehead atoms. The lowest BCUT2D eigenvalue weighted by Gasteiger charge is -2.30. The molecule has 2 atom stereocenters. The van der Waals surface area contributed by atoms with Gasteiger partial charge in [0, 0.05) is 6.42 Å². The molecule has 0 aromatic heterocycles. The summed E-state index contributed by atoms with van der Waals surface area (Å²) in [5.41, 5.74) is -1.25. The Morgan fingerprint density at radius 1 is 1.14 bits per heavy atom. The monoisotopic (exact) mass is 320 g/mol. The smallest absolute Gasteiger partial charge is 0.358 e. The number of rotatable bonds is 7. The van der Waals surface area contributed by atoms with Crippen LogP contribution in [-0.4, -0.2) is 36.6 Å². The van der Waals surface area contributed by atoms with E-state index >= 15 is 0 Å². The molecule has 3 nitrogen and oxygen atoms in total. The van der Waals surface area contributed by atoms with Gasteiger partial charge in [-0.1, -0.05) is 6.92 Å². The van der Waals surface area contributed by atoms with Crippen LogP contribution in [0.1, 0.15) is 33.6 Å². The summed E-state index contributed by atoms with van der Waals surface area (Å²) < 4.78 is 78.3. The van der Waals surface area contributed by atoms with Crippen molar-refractivity contribution in [2.75, 3.05) is 6.54 Å². The predicted octanol–water partition coefficient (Wildman–Crippen LogP) is 3.56. The summed E-state index contributed by atoms with van der Waals surface area (Å²) in [6, 6.07) is 1.84. The Morgan fingerprint density at radius 2 is 1.62 bits per heavy atom. The van der Waals surface area contributed by atoms with Crippen molar-refractivity contribution >= 4 is 0 Å². The largest absolute Gasteiger partial charge is 0.423 e. The first kappa shape index (κ1) is 20.0. The second kappa shape index (κ2) is 7.31. The van der Waals surface area contributed by atoms with Crippen LogP contribution >= 0.6 is 0 Å². The van der Waals surface area contributed by atoms with Crippen LogP contribution in [0.2, 0.25) is 0 Å². The zero-order valence-corrected chi connectivity index (χ0v) is 11.9. The fourth-order valence-corrected chi connectivity index (χ4v) is 1.75. The Morgan fingerprint density at radius 3 is 1.95 bits per heavy atom. The minimum atomic E-state index is -5.55. The van der Waals surface area contributed by atoms with E-state index in [0.29, 0.717) is 13.0 Å². The maximum Gasteiger partial charge on any atom is 0.423 e. The van der Waals surface area contributed by atoms with E-state index in [1.54, 1.807) is 0 Å². The van der Waals surface area contributed by atoms with Crippen LogP contribution in [-0.2, 0) is 4.74 Å². The van der Waals surface area contributed by atoms with Gasteiger partial charge in [0.25, 0.3) is 0 Å². The molecule has 0 fully saturated rings. The summed E-state index contributed by atoms with van der Waals surface area (Å²) in [5, 5.41) is 11.8. The van der Waals surface area contributed by atoms with Gasteiger partial charge in [0.05, 0.1) is 12.2 Å². The van der Waals surface area contributed by atoms with Gasteiger partial charge in [-0.25, -0.2) is 0 Å². The Bertz CT molecular complexity index is 348. The molecule has 0 rings (SSSR count). The third kappa shape index (κ3) is 7.00. The molecule has 0 aliphatic carbocycles. The van der Waals surface area contributed by atoms with Gasteiger partial charge >= 0.3 is 12.4 Å². The summed E-state index contributed by atoms with van der Waals surface area (Å²) in [6.45, 7) is 4.71. The van der Waals surface area contributed by atoms with Gasteiger partial charge in [-0.2, -0.15) is 31.6 Å². The molecule has 0 heterocycles. The predicted molar refractivity (Wildman–Crippen MR) is 63.4 cm³/mol. The van der Waals surface area contributed by atoms with E-state index in [2.05, 4.69) is 10.1 Å². The molecular formula is C12H18F6N2O. The quantitative estimate of drug-likeness (QED) is 0.730. The van der Waals surface area contributed by atoms with Crippen molar-refractivity contribution in [1.82, 2.24) is 5.32 Å². The van der Waals surface area contributed by atoms with Crippen molar-refractivity contribution in [3.63, 3.8) is 0 Å². The second-order valence-corrected chi connectivity index (χ2v) is 4.98. The molecule has 124 valence electrons. The van der Waals surface area contributed by atoms with Gasteiger partial charge in [0.15, 0.2) is 0 Å². The molecule has 1 N–H and O–H groups in total. The van der Waals surface area contributed by atoms with Crippen molar-refractivity contribution < 1.29 is 31.1 Å². The third-order valence-electron chi connectivity index (χ3n) is 2.67. The van der Waals surface area contributed by atoms with Gasteiger partial charge in [-0.3, -0.25) is 5.32 Å². The van der Waals surface area contributed by atoms with E-state index in [-0.39, 0.29) is 6.42 Å². The maximum atomic E-state index is 12.4. The SMILES string of the molecule is CCCNC(C)(C#N)CC(C)OC(C(F)(F)F)C(F)(F)F. The lowest BCUT2D eigenvalue weighted by Crippen LogP contribution is -2.49. The van der Waals surface area contributed by atoms with E-state index in [0.717, 1.165) is 6.92 Å². The molecule has 0 aromatic rings. The lowest BCUT2D eigenvalue weighted by molar-refractivity contribution is -0.330. The number of nitrogens with one attached hydrogen (secondary N) is 1. The van der Waals surface area contributed by atoms with E-state index in [9.17, 15) is 26.3 Å². The van der Waals surface area contributed by atoms with Gasteiger partial charge in [-0.05, 0) is 26.8 Å². The highest BCUT2D eigenvalue weighted by atomic mass is 19.4. The molecule has 21 heavy (non-hydrogen) atoms. The van der Waals surface area contributed by atoms with Gasteiger partial charge in [0.2, 0.25) is 6.10 Å². The average molecular weight is 320 g/mol. The summed E-state index contributed by atoms with van der Waals surface area (Å²) in [6.07, 6.45) is -16.0. The van der Waals surface area contributed by atoms with Crippen LogP contribution in [0.3, 0.4) is 0 Å². The number of hydrogen-bond donors (Lipinski definition) is 1. The normalized spacial score (nSPS) is 17.4. The van der Waals surface area contributed by atoms with Crippen LogP contribution in [0, 0.1) is 11.3 Å². The Balaban J connectivity index is 4.86. The molecule has 0 radical (unpaired) electrons. The van der Waals surface area contributed by atoms with Crippen LogP contribution < -0.4 is 5.32 Å². The minimum Gasteiger partial charge on any atom is -0.358 e. The van der Waals surface area contributed by atoms with E-state index in [1.807, 2.05) is 13.0 Å². The molecule has 0 spiro atoms. The van der Waals surface area contributed by atoms with Crippen LogP contribution in [0.25, 0.3) is 0 Å². The first-order valence-corrected chi connectivity index (χ1v) is 6.31. The fraction of sp³-hybridized carbons (Fsp3) is 0.917. The van der Waals surface area contributed by atoms with Crippen molar-refractivity contribution in [1.29, 1.82) is 5.26 Å². The fourth-order valence-electron chi connectivity index (χ4n) is 1.75. The van der Waals surface area contributed by atoms with E-state index in [1.165, 1.54) is 6.92 Å². The molecule has 0 aliphatic heterocycles. The number of ether oxygens (including phenoxy) is 1. The first-order chi connectivity index (χ1) is 9.35. The number of hydrogen-bond acceptors (Lipinski definition) is 3. The topological polar surface area (TPSA) is 45.0 Å². The van der Waals surface area contributed by atoms with Crippen LogP contribution in [0.15, 0.2) is 0 Å². The molecule has 0 amide bonds. The second-order valence-electron chi connectivity index (χ2n) is 4.98. The first-order valence-electron chi connectivity index (χ1n) is 6.31. The summed E-state index contributed by atoms with van der Waals surface area (Å²) >= 11 is 0. The minimum absolute atomic E-state index is 0.299. The highest BCUT2D eigenvalue weighted by Crippen LogP contribution is 2.37. The Labute approximate surface area is 119 Å². The van der Waals surface area contributed by atoms with Crippen molar-refractivity contribution in [2.45, 2.75) is 63.7 Å². The number of halogens is 6. The summed E-state index contributed by atoms with van der Waals surface area (Å²) in [5.74, 6) is 0. The molecule has 0 aromatic carbocycles. The Kier molecular flexibility index (Phi) is 6.96. The molecule has 0 aliphatic rings. The van der Waals surface area contributed by atoms with Crippen molar-refractivity contribution in [3.8, 4) is 6.07 Å². The third-order valence-corrected chi connectivity index (χ3v) is 2.67. The number of nitrogens with zero attached hydrogens (tertiary/aromatic N) is 1. The van der Waals surface area contributed by atoms with E-state index < -0.39 is 30.1 Å². The van der Waals surface area contributed by atoms with E-state index in [4.69, 9.17) is 5.26 Å². The van der Waals surface area contributed by atoms with Gasteiger partial charge in [-0.15, -0.1) is 0 Å². The maximum absolute atomic E-state index is 12.4. The molecular weight excluding hydrogens is 302 g/mol. The Hall–Kier alpha value is -1.01. The number of alkyl halides is 6.